The fourth-order valence-corrected chi connectivity index (χ4v) is 2.51. The van der Waals surface area contributed by atoms with E-state index in [0.717, 1.165) is 25.7 Å². The van der Waals surface area contributed by atoms with Gasteiger partial charge in [-0.1, -0.05) is 19.3 Å². The molecule has 4 nitrogen and oxygen atoms in total. The van der Waals surface area contributed by atoms with Gasteiger partial charge in [-0.3, -0.25) is 9.69 Å². The number of nitrogens with one attached hydrogen (secondary N) is 1. The summed E-state index contributed by atoms with van der Waals surface area (Å²) in [5, 5.41) is 2.82. The summed E-state index contributed by atoms with van der Waals surface area (Å²) in [7, 11) is 0. The van der Waals surface area contributed by atoms with Crippen molar-refractivity contribution in [2.75, 3.05) is 0 Å². The Bertz CT molecular complexity index is 254. The fourth-order valence-electron chi connectivity index (χ4n) is 2.51. The van der Waals surface area contributed by atoms with Crippen molar-refractivity contribution >= 4 is 11.9 Å². The third-order valence-electron chi connectivity index (χ3n) is 3.28. The second-order valence-corrected chi connectivity index (χ2v) is 4.61. The van der Waals surface area contributed by atoms with Gasteiger partial charge in [-0.25, -0.2) is 4.79 Å². The maximum atomic E-state index is 11.8. The minimum absolute atomic E-state index is 0.00171. The van der Waals surface area contributed by atoms with E-state index >= 15 is 0 Å². The van der Waals surface area contributed by atoms with Crippen molar-refractivity contribution in [1.29, 1.82) is 0 Å². The lowest BCUT2D eigenvalue weighted by atomic mass is 9.93. The molecule has 4 heteroatoms. The molecule has 0 bridgehead atoms. The molecule has 1 unspecified atom stereocenters. The first-order valence-corrected chi connectivity index (χ1v) is 5.81. The molecule has 0 radical (unpaired) electrons. The van der Waals surface area contributed by atoms with Crippen LogP contribution in [0.5, 0.6) is 0 Å². The summed E-state index contributed by atoms with van der Waals surface area (Å²) in [6.45, 7) is 1.87. The van der Waals surface area contributed by atoms with Gasteiger partial charge >= 0.3 is 6.03 Å². The Morgan fingerprint density at radius 2 is 1.87 bits per heavy atom. The van der Waals surface area contributed by atoms with Crippen molar-refractivity contribution in [1.82, 2.24) is 10.2 Å². The van der Waals surface area contributed by atoms with E-state index in [1.165, 1.54) is 11.3 Å². The third kappa shape index (κ3) is 2.13. The van der Waals surface area contributed by atoms with Crippen molar-refractivity contribution in [3.63, 3.8) is 0 Å². The number of carbonyl (C=O) groups excluding carboxylic acids is 2. The Morgan fingerprint density at radius 1 is 1.20 bits per heavy atom. The maximum Gasteiger partial charge on any atom is 0.324 e. The van der Waals surface area contributed by atoms with Crippen LogP contribution in [-0.4, -0.2) is 28.9 Å². The van der Waals surface area contributed by atoms with Crippen LogP contribution in [0.4, 0.5) is 4.79 Å². The van der Waals surface area contributed by atoms with Gasteiger partial charge in [0.05, 0.1) is 0 Å². The molecule has 2 aliphatic rings. The quantitative estimate of drug-likeness (QED) is 0.715. The van der Waals surface area contributed by atoms with Crippen LogP contribution in [0.25, 0.3) is 0 Å². The zero-order chi connectivity index (χ0) is 10.8. The first-order valence-electron chi connectivity index (χ1n) is 5.81. The average molecular weight is 210 g/mol. The lowest BCUT2D eigenvalue weighted by Crippen LogP contribution is -2.57. The maximum absolute atomic E-state index is 11.8. The van der Waals surface area contributed by atoms with Gasteiger partial charge in [-0.15, -0.1) is 0 Å². The Labute approximate surface area is 90.0 Å². The van der Waals surface area contributed by atoms with E-state index in [9.17, 15) is 9.59 Å². The number of carbonyl (C=O) groups is 2. The van der Waals surface area contributed by atoms with Gasteiger partial charge < -0.3 is 5.32 Å². The Hall–Kier alpha value is -1.06. The van der Waals surface area contributed by atoms with Gasteiger partial charge in [0.25, 0.3) is 0 Å². The molecule has 2 rings (SSSR count). The zero-order valence-electron chi connectivity index (χ0n) is 9.16. The molecule has 0 aromatic carbocycles. The minimum atomic E-state index is -0.189. The minimum Gasteiger partial charge on any atom is -0.335 e. The Morgan fingerprint density at radius 3 is 2.47 bits per heavy atom. The molecule has 3 amide bonds. The predicted octanol–water partition coefficient (Wildman–Crippen LogP) is 1.65. The molecule has 1 N–H and O–H groups in total. The van der Waals surface area contributed by atoms with Crippen LogP contribution in [0.3, 0.4) is 0 Å². The summed E-state index contributed by atoms with van der Waals surface area (Å²) in [6.07, 6.45) is 5.91. The summed E-state index contributed by atoms with van der Waals surface area (Å²) in [4.78, 5) is 24.9. The summed E-state index contributed by atoms with van der Waals surface area (Å²) >= 11 is 0. The smallest absolute Gasteiger partial charge is 0.324 e. The van der Waals surface area contributed by atoms with Crippen molar-refractivity contribution in [2.24, 2.45) is 0 Å². The molecule has 15 heavy (non-hydrogen) atoms. The lowest BCUT2D eigenvalue weighted by Gasteiger charge is -2.37. The van der Waals surface area contributed by atoms with E-state index in [2.05, 4.69) is 5.32 Å². The first-order chi connectivity index (χ1) is 7.18. The highest BCUT2D eigenvalue weighted by Gasteiger charge is 2.35. The number of amides is 3. The summed E-state index contributed by atoms with van der Waals surface area (Å²) < 4.78 is 0. The van der Waals surface area contributed by atoms with Crippen LogP contribution in [0.2, 0.25) is 0 Å². The van der Waals surface area contributed by atoms with Crippen molar-refractivity contribution in [3.8, 4) is 0 Å². The van der Waals surface area contributed by atoms with E-state index in [4.69, 9.17) is 0 Å². The first kappa shape index (κ1) is 10.5. The van der Waals surface area contributed by atoms with Gasteiger partial charge in [0.15, 0.2) is 0 Å². The van der Waals surface area contributed by atoms with Crippen LogP contribution in [-0.2, 0) is 4.79 Å². The van der Waals surface area contributed by atoms with E-state index in [1.807, 2.05) is 6.92 Å². The normalized spacial score (nSPS) is 29.1. The number of hydrogen-bond donors (Lipinski definition) is 1. The number of rotatable bonds is 1. The number of urea groups is 1. The standard InChI is InChI=1S/C11H18N2O2/c1-8-7-10(14)13(11(15)12-8)9-5-3-2-4-6-9/h8-9H,2-7H2,1H3,(H,12,15). The van der Waals surface area contributed by atoms with Crippen LogP contribution >= 0.6 is 0 Å². The van der Waals surface area contributed by atoms with Gasteiger partial charge in [0, 0.05) is 18.5 Å². The van der Waals surface area contributed by atoms with Crippen LogP contribution < -0.4 is 5.32 Å². The predicted molar refractivity (Wildman–Crippen MR) is 56.3 cm³/mol. The molecule has 1 aliphatic carbocycles. The van der Waals surface area contributed by atoms with Crippen molar-refractivity contribution in [2.45, 2.75) is 57.5 Å². The Kier molecular flexibility index (Phi) is 2.93. The van der Waals surface area contributed by atoms with Gasteiger partial charge in [0.2, 0.25) is 5.91 Å². The second kappa shape index (κ2) is 4.21. The van der Waals surface area contributed by atoms with Crippen molar-refractivity contribution in [3.05, 3.63) is 0 Å². The topological polar surface area (TPSA) is 49.4 Å². The van der Waals surface area contributed by atoms with Gasteiger partial charge in [0.1, 0.15) is 0 Å². The molecular weight excluding hydrogens is 192 g/mol. The molecule has 1 atom stereocenters. The molecule has 1 saturated carbocycles. The Balaban J connectivity index is 2.05. The van der Waals surface area contributed by atoms with E-state index in [0.29, 0.717) is 6.42 Å². The summed E-state index contributed by atoms with van der Waals surface area (Å²) in [6, 6.07) is -0.0470. The SMILES string of the molecule is CC1CC(=O)N(C2CCCCC2)C(=O)N1. The third-order valence-corrected chi connectivity index (χ3v) is 3.28. The molecular formula is C11H18N2O2. The number of hydrogen-bond acceptors (Lipinski definition) is 2. The van der Waals surface area contributed by atoms with E-state index in [-0.39, 0.29) is 24.0 Å². The number of nitrogens with zero attached hydrogens (tertiary/aromatic N) is 1. The van der Waals surface area contributed by atoms with Gasteiger partial charge in [-0.05, 0) is 19.8 Å². The number of imide groups is 1. The highest BCUT2D eigenvalue weighted by molar-refractivity contribution is 5.97. The molecule has 0 aromatic heterocycles. The van der Waals surface area contributed by atoms with Crippen LogP contribution in [0.15, 0.2) is 0 Å². The summed E-state index contributed by atoms with van der Waals surface area (Å²) in [5.74, 6) is -0.00171. The van der Waals surface area contributed by atoms with E-state index in [1.54, 1.807) is 0 Å². The molecule has 2 fully saturated rings. The van der Waals surface area contributed by atoms with Gasteiger partial charge in [-0.2, -0.15) is 0 Å². The lowest BCUT2D eigenvalue weighted by molar-refractivity contribution is -0.132. The molecule has 1 aliphatic heterocycles. The second-order valence-electron chi connectivity index (χ2n) is 4.61. The van der Waals surface area contributed by atoms with Crippen LogP contribution in [0, 0.1) is 0 Å². The largest absolute Gasteiger partial charge is 0.335 e. The average Bonchev–Trinajstić information content (AvgIpc) is 2.17. The van der Waals surface area contributed by atoms with Crippen molar-refractivity contribution < 1.29 is 9.59 Å². The molecule has 84 valence electrons. The fraction of sp³-hybridized carbons (Fsp3) is 0.818. The molecule has 0 aromatic rings. The van der Waals surface area contributed by atoms with Crippen LogP contribution in [0.1, 0.15) is 45.4 Å². The molecule has 0 spiro atoms. The molecule has 1 heterocycles. The van der Waals surface area contributed by atoms with E-state index < -0.39 is 0 Å². The zero-order valence-corrected chi connectivity index (χ0v) is 9.16. The highest BCUT2D eigenvalue weighted by atomic mass is 16.2. The molecule has 1 saturated heterocycles. The summed E-state index contributed by atoms with van der Waals surface area (Å²) in [5.41, 5.74) is 0. The highest BCUT2D eigenvalue weighted by Crippen LogP contribution is 2.24. The monoisotopic (exact) mass is 210 g/mol.